The molecular weight excluding hydrogens is 560 g/mol. The van der Waals surface area contributed by atoms with Crippen LogP contribution in [0.1, 0.15) is 66.4 Å². The lowest BCUT2D eigenvalue weighted by Crippen LogP contribution is -2.22. The minimum Gasteiger partial charge on any atom is -0.489 e. The Hall–Kier alpha value is -2.07. The highest BCUT2D eigenvalue weighted by atomic mass is 35.5. The molecular formula is C30H27Cl3NO3P. The molecule has 6 rings (SSSR count). The van der Waals surface area contributed by atoms with E-state index in [0.29, 0.717) is 50.8 Å². The van der Waals surface area contributed by atoms with Gasteiger partial charge in [0, 0.05) is 17.0 Å². The smallest absolute Gasteiger partial charge is 0.147 e. The molecule has 1 aromatic heterocycles. The van der Waals surface area contributed by atoms with Gasteiger partial charge >= 0.3 is 0 Å². The van der Waals surface area contributed by atoms with Gasteiger partial charge < -0.3 is 14.4 Å². The molecule has 2 aliphatic carbocycles. The molecule has 0 amide bonds. The zero-order valence-electron chi connectivity index (χ0n) is 20.6. The van der Waals surface area contributed by atoms with E-state index >= 15 is 0 Å². The molecule has 0 spiro atoms. The van der Waals surface area contributed by atoms with Crippen molar-refractivity contribution in [3.8, 4) is 17.0 Å². The summed E-state index contributed by atoms with van der Waals surface area (Å²) in [4.78, 5) is 0. The van der Waals surface area contributed by atoms with Gasteiger partial charge in [0.15, 0.2) is 0 Å². The molecule has 0 saturated heterocycles. The summed E-state index contributed by atoms with van der Waals surface area (Å²) in [7, 11) is 2.74. The van der Waals surface area contributed by atoms with Gasteiger partial charge in [-0.05, 0) is 73.2 Å². The van der Waals surface area contributed by atoms with E-state index in [-0.39, 0.29) is 12.5 Å². The van der Waals surface area contributed by atoms with E-state index in [2.05, 4.69) is 38.7 Å². The summed E-state index contributed by atoms with van der Waals surface area (Å²) in [5.74, 6) is 2.04. The number of halogens is 3. The predicted octanol–water partition coefficient (Wildman–Crippen LogP) is 8.41. The average molecular weight is 587 g/mol. The second kappa shape index (κ2) is 10.5. The van der Waals surface area contributed by atoms with Gasteiger partial charge in [-0.15, -0.1) is 9.24 Å². The summed E-state index contributed by atoms with van der Waals surface area (Å²) >= 11 is 19.7. The fraction of sp³-hybridized carbons (Fsp3) is 0.300. The molecule has 0 bridgehead atoms. The van der Waals surface area contributed by atoms with Crippen LogP contribution < -0.4 is 10.0 Å². The largest absolute Gasteiger partial charge is 0.489 e. The van der Waals surface area contributed by atoms with E-state index in [9.17, 15) is 5.11 Å². The van der Waals surface area contributed by atoms with Crippen molar-refractivity contribution >= 4 is 49.3 Å². The zero-order valence-corrected chi connectivity index (χ0v) is 24.0. The minimum atomic E-state index is -0.973. The maximum atomic E-state index is 11.6. The molecule has 1 heterocycles. The fourth-order valence-electron chi connectivity index (χ4n) is 5.53. The summed E-state index contributed by atoms with van der Waals surface area (Å²) < 4.78 is 11.9. The van der Waals surface area contributed by atoms with Gasteiger partial charge in [0.05, 0.1) is 26.2 Å². The first-order chi connectivity index (χ1) is 18.3. The Morgan fingerprint density at radius 1 is 0.947 bits per heavy atom. The summed E-state index contributed by atoms with van der Waals surface area (Å²) in [5, 5.41) is 18.5. The molecule has 0 radical (unpaired) electrons. The first kappa shape index (κ1) is 26.2. The van der Waals surface area contributed by atoms with Crippen molar-refractivity contribution in [1.29, 1.82) is 0 Å². The zero-order chi connectivity index (χ0) is 26.4. The molecule has 2 saturated carbocycles. The van der Waals surface area contributed by atoms with Crippen LogP contribution in [0.25, 0.3) is 11.3 Å². The summed E-state index contributed by atoms with van der Waals surface area (Å²) in [5.41, 5.74) is 3.10. The predicted molar refractivity (Wildman–Crippen MR) is 156 cm³/mol. The highest BCUT2D eigenvalue weighted by Gasteiger charge is 2.40. The number of aliphatic hydroxyl groups is 1. The van der Waals surface area contributed by atoms with E-state index < -0.39 is 5.60 Å². The average Bonchev–Trinajstić information content (AvgIpc) is 3.53. The van der Waals surface area contributed by atoms with Crippen LogP contribution in [0.5, 0.6) is 5.75 Å². The minimum absolute atomic E-state index is 0.236. The van der Waals surface area contributed by atoms with Crippen LogP contribution in [-0.4, -0.2) is 10.3 Å². The highest BCUT2D eigenvalue weighted by molar-refractivity contribution is 7.27. The molecule has 3 unspecified atom stereocenters. The van der Waals surface area contributed by atoms with E-state index in [0.717, 1.165) is 41.5 Å². The summed E-state index contributed by atoms with van der Waals surface area (Å²) in [6, 6.07) is 19.3. The number of aromatic nitrogens is 1. The van der Waals surface area contributed by atoms with Gasteiger partial charge in [0.1, 0.15) is 23.8 Å². The Morgan fingerprint density at radius 2 is 1.71 bits per heavy atom. The lowest BCUT2D eigenvalue weighted by molar-refractivity contribution is 0.0429. The molecule has 8 heteroatoms. The standard InChI is InChI=1S/C30H27Cl3NO3P/c31-24-5-2-6-25(32)27(24)28-22(29(37-34-28)17-7-8-17)16-36-20-9-10-23(26(33)14-20)30(35)12-11-19(15-30)18-3-1-4-21(38)13-18/h1-6,9-10,13-14,17,19,35H,7-8,11-12,15-16,38H2. The van der Waals surface area contributed by atoms with E-state index in [1.54, 1.807) is 24.3 Å². The van der Waals surface area contributed by atoms with Crippen molar-refractivity contribution in [3.63, 3.8) is 0 Å². The number of ether oxygens (including phenoxy) is 1. The highest BCUT2D eigenvalue weighted by Crippen LogP contribution is 2.49. The molecule has 3 atom stereocenters. The Labute approximate surface area is 239 Å². The van der Waals surface area contributed by atoms with Crippen molar-refractivity contribution in [3.05, 3.63) is 98.2 Å². The van der Waals surface area contributed by atoms with Crippen molar-refractivity contribution < 1.29 is 14.4 Å². The second-order valence-electron chi connectivity index (χ2n) is 10.3. The lowest BCUT2D eigenvalue weighted by Gasteiger charge is -2.25. The van der Waals surface area contributed by atoms with Crippen LogP contribution in [-0.2, 0) is 12.2 Å². The number of benzene rings is 3. The molecule has 2 aliphatic rings. The molecule has 0 aliphatic heterocycles. The van der Waals surface area contributed by atoms with E-state index in [1.165, 1.54) is 5.56 Å². The Kier molecular flexibility index (Phi) is 7.22. The quantitative estimate of drug-likeness (QED) is 0.221. The fourth-order valence-corrected chi connectivity index (χ4v) is 6.76. The number of nitrogens with zero attached hydrogens (tertiary/aromatic N) is 1. The normalized spacial score (nSPS) is 21.1. The first-order valence-corrected chi connectivity index (χ1v) is 14.5. The maximum Gasteiger partial charge on any atom is 0.147 e. The molecule has 196 valence electrons. The van der Waals surface area contributed by atoms with E-state index in [4.69, 9.17) is 44.1 Å². The van der Waals surface area contributed by atoms with Crippen molar-refractivity contribution in [1.82, 2.24) is 5.16 Å². The summed E-state index contributed by atoms with van der Waals surface area (Å²) in [6.45, 7) is 0.236. The van der Waals surface area contributed by atoms with Crippen molar-refractivity contribution in [2.45, 2.75) is 56.1 Å². The maximum absolute atomic E-state index is 11.6. The SMILES string of the molecule is OC1(c2ccc(OCc3c(-c4c(Cl)cccc4Cl)noc3C3CC3)cc2Cl)CCC(c2cccc(P)c2)C1. The van der Waals surface area contributed by atoms with Crippen molar-refractivity contribution in [2.24, 2.45) is 0 Å². The number of hydrogen-bond acceptors (Lipinski definition) is 4. The molecule has 4 nitrogen and oxygen atoms in total. The second-order valence-corrected chi connectivity index (χ2v) is 12.2. The van der Waals surface area contributed by atoms with E-state index in [1.807, 2.05) is 12.1 Å². The van der Waals surface area contributed by atoms with Gasteiger partial charge in [-0.3, -0.25) is 0 Å². The molecule has 1 N–H and O–H groups in total. The Balaban J connectivity index is 1.22. The van der Waals surface area contributed by atoms with Gasteiger partial charge in [-0.25, -0.2) is 0 Å². The molecule has 4 aromatic rings. The monoisotopic (exact) mass is 585 g/mol. The van der Waals surface area contributed by atoms with Crippen LogP contribution in [0.4, 0.5) is 0 Å². The first-order valence-electron chi connectivity index (χ1n) is 12.8. The van der Waals surface area contributed by atoms with Gasteiger partial charge in [-0.2, -0.15) is 0 Å². The van der Waals surface area contributed by atoms with Gasteiger partial charge in [0.25, 0.3) is 0 Å². The third kappa shape index (κ3) is 5.10. The van der Waals surface area contributed by atoms with Crippen LogP contribution in [0.2, 0.25) is 15.1 Å². The lowest BCUT2D eigenvalue weighted by atomic mass is 9.89. The summed E-state index contributed by atoms with van der Waals surface area (Å²) in [6.07, 6.45) is 4.31. The Morgan fingerprint density at radius 3 is 2.42 bits per heavy atom. The van der Waals surface area contributed by atoms with Crippen molar-refractivity contribution in [2.75, 3.05) is 0 Å². The Bertz CT molecular complexity index is 1480. The van der Waals surface area contributed by atoms with Gasteiger partial charge in [-0.1, -0.05) is 76.4 Å². The molecule has 38 heavy (non-hydrogen) atoms. The van der Waals surface area contributed by atoms with Crippen LogP contribution >= 0.6 is 44.0 Å². The van der Waals surface area contributed by atoms with Crippen LogP contribution in [0.3, 0.4) is 0 Å². The topological polar surface area (TPSA) is 55.5 Å². The van der Waals surface area contributed by atoms with Crippen LogP contribution in [0, 0.1) is 0 Å². The number of rotatable bonds is 7. The molecule has 2 fully saturated rings. The van der Waals surface area contributed by atoms with Crippen LogP contribution in [0.15, 0.2) is 65.2 Å². The number of hydrogen-bond donors (Lipinski definition) is 1. The third-order valence-electron chi connectivity index (χ3n) is 7.66. The van der Waals surface area contributed by atoms with Gasteiger partial charge in [0.2, 0.25) is 0 Å². The molecule has 3 aromatic carbocycles. The third-order valence-corrected chi connectivity index (χ3v) is 8.97.